The lowest BCUT2D eigenvalue weighted by Crippen LogP contribution is -2.54. The number of hydrogen-bond acceptors (Lipinski definition) is 5. The van der Waals surface area contributed by atoms with Gasteiger partial charge in [-0.15, -0.1) is 0 Å². The highest BCUT2D eigenvalue weighted by Crippen LogP contribution is 2.21. The zero-order chi connectivity index (χ0) is 16.9. The van der Waals surface area contributed by atoms with Crippen molar-refractivity contribution in [3.8, 4) is 0 Å². The third-order valence-electron chi connectivity index (χ3n) is 4.30. The molecule has 2 aromatic rings. The van der Waals surface area contributed by atoms with Crippen molar-refractivity contribution in [2.45, 2.75) is 19.0 Å². The Hall–Kier alpha value is -1.89. The summed E-state index contributed by atoms with van der Waals surface area (Å²) in [5, 5.41) is 9.73. The quantitative estimate of drug-likeness (QED) is 0.894. The summed E-state index contributed by atoms with van der Waals surface area (Å²) in [5.74, 6) is 0.790. The Kier molecular flexibility index (Phi) is 5.50. The van der Waals surface area contributed by atoms with Crippen molar-refractivity contribution in [1.29, 1.82) is 0 Å². The van der Waals surface area contributed by atoms with Gasteiger partial charge in [0.2, 0.25) is 0 Å². The molecule has 1 aliphatic rings. The predicted octanol–water partition coefficient (Wildman–Crippen LogP) is 2.04. The Labute approximate surface area is 145 Å². The number of aromatic nitrogens is 1. The van der Waals surface area contributed by atoms with Crippen LogP contribution in [0, 0.1) is 0 Å². The van der Waals surface area contributed by atoms with Gasteiger partial charge in [0.05, 0.1) is 23.4 Å². The summed E-state index contributed by atoms with van der Waals surface area (Å²) in [6.07, 6.45) is 5.31. The van der Waals surface area contributed by atoms with E-state index in [1.54, 1.807) is 23.4 Å². The molecule has 1 unspecified atom stereocenters. The van der Waals surface area contributed by atoms with E-state index in [4.69, 9.17) is 16.0 Å². The topological polar surface area (TPSA) is 69.8 Å². The number of rotatable bonds is 5. The second kappa shape index (κ2) is 7.79. The number of aliphatic hydroxyl groups is 1. The van der Waals surface area contributed by atoms with Gasteiger partial charge < -0.3 is 14.4 Å². The Balaban J connectivity index is 1.70. The number of carbonyl (C=O) groups is 1. The molecule has 7 heteroatoms. The summed E-state index contributed by atoms with van der Waals surface area (Å²) >= 11 is 6.09. The lowest BCUT2D eigenvalue weighted by atomic mass is 10.1. The van der Waals surface area contributed by atoms with Gasteiger partial charge in [-0.2, -0.15) is 0 Å². The lowest BCUT2D eigenvalue weighted by Gasteiger charge is -2.41. The normalized spacial score (nSPS) is 18.8. The van der Waals surface area contributed by atoms with Gasteiger partial charge in [0.15, 0.2) is 0 Å². The standard InChI is InChI=1S/C17H20ClN3O3/c18-16-10-19-5-3-15(16)17(23)21-7-6-20(13(11-21)4-8-22)12-14-2-1-9-24-14/h1-3,5,9-10,13,22H,4,6-8,11-12H2. The van der Waals surface area contributed by atoms with E-state index in [1.807, 2.05) is 12.1 Å². The first kappa shape index (κ1) is 17.0. The van der Waals surface area contributed by atoms with Gasteiger partial charge in [0.1, 0.15) is 5.76 Å². The molecule has 3 rings (SSSR count). The number of pyridine rings is 1. The van der Waals surface area contributed by atoms with E-state index >= 15 is 0 Å². The average molecular weight is 350 g/mol. The number of piperazine rings is 1. The lowest BCUT2D eigenvalue weighted by molar-refractivity contribution is 0.0373. The molecule has 1 fully saturated rings. The molecule has 1 N–H and O–H groups in total. The Bertz CT molecular complexity index is 677. The van der Waals surface area contributed by atoms with Gasteiger partial charge in [0, 0.05) is 44.7 Å². The largest absolute Gasteiger partial charge is 0.468 e. The fraction of sp³-hybridized carbons (Fsp3) is 0.412. The van der Waals surface area contributed by atoms with E-state index in [0.717, 1.165) is 12.3 Å². The molecule has 128 valence electrons. The number of hydrogen-bond donors (Lipinski definition) is 1. The first-order chi connectivity index (χ1) is 11.7. The maximum Gasteiger partial charge on any atom is 0.255 e. The highest BCUT2D eigenvalue weighted by molar-refractivity contribution is 6.33. The van der Waals surface area contributed by atoms with Gasteiger partial charge >= 0.3 is 0 Å². The summed E-state index contributed by atoms with van der Waals surface area (Å²) < 4.78 is 5.41. The molecule has 0 aliphatic carbocycles. The number of carbonyl (C=O) groups excluding carboxylic acids is 1. The minimum atomic E-state index is -0.0945. The van der Waals surface area contributed by atoms with E-state index in [2.05, 4.69) is 9.88 Å². The summed E-state index contributed by atoms with van der Waals surface area (Å²) in [5.41, 5.74) is 0.467. The van der Waals surface area contributed by atoms with Crippen molar-refractivity contribution in [2.24, 2.45) is 0 Å². The zero-order valence-electron chi connectivity index (χ0n) is 13.3. The highest BCUT2D eigenvalue weighted by atomic mass is 35.5. The van der Waals surface area contributed by atoms with Gasteiger partial charge in [-0.05, 0) is 24.6 Å². The molecule has 3 heterocycles. The summed E-state index contributed by atoms with van der Waals surface area (Å²) in [7, 11) is 0. The van der Waals surface area contributed by atoms with Gasteiger partial charge in [-0.1, -0.05) is 11.6 Å². The number of furan rings is 1. The zero-order valence-corrected chi connectivity index (χ0v) is 14.0. The van der Waals surface area contributed by atoms with E-state index in [0.29, 0.717) is 36.6 Å². The number of nitrogens with zero attached hydrogens (tertiary/aromatic N) is 3. The Morgan fingerprint density at radius 2 is 2.29 bits per heavy atom. The maximum absolute atomic E-state index is 12.7. The molecular formula is C17H20ClN3O3. The van der Waals surface area contributed by atoms with Crippen LogP contribution in [0.5, 0.6) is 0 Å². The van der Waals surface area contributed by atoms with Crippen molar-refractivity contribution in [1.82, 2.24) is 14.8 Å². The van der Waals surface area contributed by atoms with Gasteiger partial charge in [-0.25, -0.2) is 0 Å². The predicted molar refractivity (Wildman–Crippen MR) is 89.8 cm³/mol. The highest BCUT2D eigenvalue weighted by Gasteiger charge is 2.30. The number of amides is 1. The number of halogens is 1. The fourth-order valence-corrected chi connectivity index (χ4v) is 3.23. The molecule has 0 saturated carbocycles. The molecule has 24 heavy (non-hydrogen) atoms. The van der Waals surface area contributed by atoms with Crippen LogP contribution in [0.2, 0.25) is 5.02 Å². The average Bonchev–Trinajstić information content (AvgIpc) is 3.09. The van der Waals surface area contributed by atoms with E-state index in [1.165, 1.54) is 6.20 Å². The van der Waals surface area contributed by atoms with Crippen molar-refractivity contribution in [3.05, 3.63) is 53.2 Å². The fourth-order valence-electron chi connectivity index (χ4n) is 3.03. The van der Waals surface area contributed by atoms with Crippen molar-refractivity contribution < 1.29 is 14.3 Å². The third-order valence-corrected chi connectivity index (χ3v) is 4.60. The second-order valence-electron chi connectivity index (χ2n) is 5.82. The van der Waals surface area contributed by atoms with E-state index in [9.17, 15) is 9.90 Å². The van der Waals surface area contributed by atoms with Crippen LogP contribution in [0.3, 0.4) is 0 Å². The summed E-state index contributed by atoms with van der Waals surface area (Å²) in [6.45, 7) is 2.64. The molecule has 1 amide bonds. The second-order valence-corrected chi connectivity index (χ2v) is 6.23. The molecule has 1 saturated heterocycles. The van der Waals surface area contributed by atoms with Crippen LogP contribution in [0.25, 0.3) is 0 Å². The van der Waals surface area contributed by atoms with E-state index < -0.39 is 0 Å². The molecule has 0 aromatic carbocycles. The first-order valence-corrected chi connectivity index (χ1v) is 8.33. The molecular weight excluding hydrogens is 330 g/mol. The van der Waals surface area contributed by atoms with Crippen molar-refractivity contribution >= 4 is 17.5 Å². The van der Waals surface area contributed by atoms with Gasteiger partial charge in [-0.3, -0.25) is 14.7 Å². The minimum Gasteiger partial charge on any atom is -0.468 e. The molecule has 1 aliphatic heterocycles. The van der Waals surface area contributed by atoms with Crippen LogP contribution < -0.4 is 0 Å². The third kappa shape index (κ3) is 3.77. The Morgan fingerprint density at radius 3 is 3.00 bits per heavy atom. The molecule has 0 bridgehead atoms. The minimum absolute atomic E-state index is 0.0807. The van der Waals surface area contributed by atoms with Gasteiger partial charge in [0.25, 0.3) is 5.91 Å². The smallest absolute Gasteiger partial charge is 0.255 e. The molecule has 0 radical (unpaired) electrons. The first-order valence-electron chi connectivity index (χ1n) is 7.95. The molecule has 0 spiro atoms. The number of aliphatic hydroxyl groups excluding tert-OH is 1. The van der Waals surface area contributed by atoms with Crippen LogP contribution in [0.1, 0.15) is 22.5 Å². The van der Waals surface area contributed by atoms with Crippen LogP contribution >= 0.6 is 11.6 Å². The molecule has 2 aromatic heterocycles. The van der Waals surface area contributed by atoms with Crippen LogP contribution in [-0.2, 0) is 6.54 Å². The van der Waals surface area contributed by atoms with Crippen LogP contribution in [0.4, 0.5) is 0 Å². The van der Waals surface area contributed by atoms with Crippen molar-refractivity contribution in [3.63, 3.8) is 0 Å². The van der Waals surface area contributed by atoms with Crippen LogP contribution in [0.15, 0.2) is 41.3 Å². The van der Waals surface area contributed by atoms with Crippen LogP contribution in [-0.4, -0.2) is 58.1 Å². The van der Waals surface area contributed by atoms with Crippen molar-refractivity contribution in [2.75, 3.05) is 26.2 Å². The maximum atomic E-state index is 12.7. The Morgan fingerprint density at radius 1 is 1.42 bits per heavy atom. The molecule has 6 nitrogen and oxygen atoms in total. The molecule has 1 atom stereocenters. The summed E-state index contributed by atoms with van der Waals surface area (Å²) in [4.78, 5) is 20.7. The summed E-state index contributed by atoms with van der Waals surface area (Å²) in [6, 6.07) is 5.52. The SMILES string of the molecule is O=C(c1ccncc1Cl)N1CCN(Cc2ccco2)C(CCO)C1. The monoisotopic (exact) mass is 349 g/mol. The van der Waals surface area contributed by atoms with E-state index in [-0.39, 0.29) is 18.6 Å².